The number of amides is 3. The summed E-state index contributed by atoms with van der Waals surface area (Å²) in [5, 5.41) is 10.2. The van der Waals surface area contributed by atoms with E-state index in [9.17, 15) is 14.4 Å². The summed E-state index contributed by atoms with van der Waals surface area (Å²) < 4.78 is 5.64. The zero-order valence-electron chi connectivity index (χ0n) is 15.1. The molecule has 0 aliphatic carbocycles. The molecule has 0 bridgehead atoms. The third-order valence-corrected chi connectivity index (χ3v) is 4.23. The fourth-order valence-electron chi connectivity index (χ4n) is 2.20. The van der Waals surface area contributed by atoms with E-state index in [1.165, 1.54) is 25.2 Å². The van der Waals surface area contributed by atoms with E-state index in [4.69, 9.17) is 4.42 Å². The fourth-order valence-corrected chi connectivity index (χ4v) is 2.91. The van der Waals surface area contributed by atoms with Gasteiger partial charge in [-0.15, -0.1) is 11.3 Å². The van der Waals surface area contributed by atoms with Crippen LogP contribution in [-0.2, 0) is 20.9 Å². The first-order chi connectivity index (χ1) is 12.3. The van der Waals surface area contributed by atoms with Gasteiger partial charge in [-0.1, -0.05) is 13.8 Å². The first-order valence-electron chi connectivity index (χ1n) is 8.13. The van der Waals surface area contributed by atoms with Crippen molar-refractivity contribution in [2.75, 3.05) is 5.32 Å². The predicted octanol–water partition coefficient (Wildman–Crippen LogP) is 2.14. The second kappa shape index (κ2) is 8.61. The van der Waals surface area contributed by atoms with Crippen molar-refractivity contribution in [2.24, 2.45) is 5.92 Å². The summed E-state index contributed by atoms with van der Waals surface area (Å²) in [4.78, 5) is 38.9. The molecule has 3 N–H and O–H groups in total. The maximum absolute atomic E-state index is 12.4. The third kappa shape index (κ3) is 5.41. The highest BCUT2D eigenvalue weighted by molar-refractivity contribution is 7.14. The number of thiazole rings is 1. The van der Waals surface area contributed by atoms with Gasteiger partial charge in [0.2, 0.25) is 17.7 Å². The van der Waals surface area contributed by atoms with E-state index >= 15 is 0 Å². The summed E-state index contributed by atoms with van der Waals surface area (Å²) in [6.07, 6.45) is 0. The Labute approximate surface area is 155 Å². The van der Waals surface area contributed by atoms with Gasteiger partial charge in [-0.3, -0.25) is 14.4 Å². The van der Waals surface area contributed by atoms with Crippen LogP contribution >= 0.6 is 11.3 Å². The molecule has 9 heteroatoms. The Morgan fingerprint density at radius 3 is 2.54 bits per heavy atom. The Hall–Kier alpha value is -2.68. The molecule has 1 atom stereocenters. The van der Waals surface area contributed by atoms with Crippen molar-refractivity contribution in [1.29, 1.82) is 0 Å². The van der Waals surface area contributed by atoms with Crippen molar-refractivity contribution in [3.8, 4) is 11.5 Å². The Morgan fingerprint density at radius 1 is 1.19 bits per heavy atom. The molecule has 2 rings (SSSR count). The summed E-state index contributed by atoms with van der Waals surface area (Å²) in [6.45, 7) is 6.82. The van der Waals surface area contributed by atoms with Crippen LogP contribution in [0.25, 0.3) is 11.5 Å². The summed E-state index contributed by atoms with van der Waals surface area (Å²) in [7, 11) is 0. The van der Waals surface area contributed by atoms with Gasteiger partial charge in [0.05, 0.1) is 6.54 Å². The summed E-state index contributed by atoms with van der Waals surface area (Å²) in [5.74, 6) is 0.381. The lowest BCUT2D eigenvalue weighted by molar-refractivity contribution is -0.126. The zero-order chi connectivity index (χ0) is 19.3. The predicted molar refractivity (Wildman–Crippen MR) is 98.4 cm³/mol. The topological polar surface area (TPSA) is 113 Å². The number of carbonyl (C=O) groups excluding carboxylic acids is 3. The molecule has 2 aromatic rings. The normalized spacial score (nSPS) is 11.9. The molecule has 26 heavy (non-hydrogen) atoms. The smallest absolute Gasteiger partial charge is 0.248 e. The minimum atomic E-state index is -0.632. The largest absolute Gasteiger partial charge is 0.458 e. The first-order valence-corrected chi connectivity index (χ1v) is 9.01. The van der Waals surface area contributed by atoms with Crippen molar-refractivity contribution in [2.45, 2.75) is 40.3 Å². The number of hydrogen-bond donors (Lipinski definition) is 3. The lowest BCUT2D eigenvalue weighted by Gasteiger charge is -2.20. The SMILES string of the molecule is CC(=O)NCc1ccc(-c2csc(NC(=O)C(NC(C)=O)C(C)C)n2)o1. The van der Waals surface area contributed by atoms with Gasteiger partial charge in [-0.25, -0.2) is 4.98 Å². The fraction of sp³-hybridized carbons (Fsp3) is 0.412. The van der Waals surface area contributed by atoms with Crippen molar-refractivity contribution in [1.82, 2.24) is 15.6 Å². The molecule has 0 saturated carbocycles. The lowest BCUT2D eigenvalue weighted by atomic mass is 10.0. The van der Waals surface area contributed by atoms with Crippen LogP contribution in [0.1, 0.15) is 33.5 Å². The second-order valence-corrected chi connectivity index (χ2v) is 6.98. The van der Waals surface area contributed by atoms with Crippen LogP contribution in [0.4, 0.5) is 5.13 Å². The quantitative estimate of drug-likeness (QED) is 0.683. The summed E-state index contributed by atoms with van der Waals surface area (Å²) >= 11 is 1.26. The Kier molecular flexibility index (Phi) is 6.51. The van der Waals surface area contributed by atoms with Gasteiger partial charge < -0.3 is 20.4 Å². The molecule has 0 aliphatic rings. The van der Waals surface area contributed by atoms with Gasteiger partial charge in [0.1, 0.15) is 17.5 Å². The molecule has 0 radical (unpaired) electrons. The number of hydrogen-bond acceptors (Lipinski definition) is 6. The maximum Gasteiger partial charge on any atom is 0.248 e. The number of carbonyl (C=O) groups is 3. The Balaban J connectivity index is 2.04. The lowest BCUT2D eigenvalue weighted by Crippen LogP contribution is -2.46. The van der Waals surface area contributed by atoms with Crippen molar-refractivity contribution < 1.29 is 18.8 Å². The van der Waals surface area contributed by atoms with Crippen molar-refractivity contribution in [3.63, 3.8) is 0 Å². The van der Waals surface area contributed by atoms with Crippen LogP contribution in [0.15, 0.2) is 21.9 Å². The molecule has 0 aliphatic heterocycles. The summed E-state index contributed by atoms with van der Waals surface area (Å²) in [5.41, 5.74) is 0.583. The van der Waals surface area contributed by atoms with Crippen molar-refractivity contribution in [3.05, 3.63) is 23.3 Å². The van der Waals surface area contributed by atoms with Gasteiger partial charge in [0.15, 0.2) is 10.9 Å². The third-order valence-electron chi connectivity index (χ3n) is 3.47. The molecule has 1 unspecified atom stereocenters. The molecule has 3 amide bonds. The molecule has 0 fully saturated rings. The summed E-state index contributed by atoms with van der Waals surface area (Å²) in [6, 6.07) is 2.88. The average molecular weight is 378 g/mol. The first kappa shape index (κ1) is 19.6. The molecule has 0 aromatic carbocycles. The van der Waals surface area contributed by atoms with E-state index in [0.717, 1.165) is 0 Å². The van der Waals surface area contributed by atoms with Gasteiger partial charge in [-0.05, 0) is 18.1 Å². The highest BCUT2D eigenvalue weighted by atomic mass is 32.1. The number of rotatable bonds is 7. The standard InChI is InChI=1S/C17H22N4O4S/c1-9(2)15(19-11(4)23)16(24)21-17-20-13(8-26-17)14-6-5-12(25-14)7-18-10(3)22/h5-6,8-9,15H,7H2,1-4H3,(H,18,22)(H,19,23)(H,20,21,24). The molecule has 8 nitrogen and oxygen atoms in total. The number of anilines is 1. The molecule has 2 heterocycles. The zero-order valence-corrected chi connectivity index (χ0v) is 15.9. The van der Waals surface area contributed by atoms with Crippen molar-refractivity contribution >= 4 is 34.2 Å². The van der Waals surface area contributed by atoms with Crippen LogP contribution in [0.2, 0.25) is 0 Å². The van der Waals surface area contributed by atoms with E-state index in [2.05, 4.69) is 20.9 Å². The molecule has 140 valence electrons. The molecule has 2 aromatic heterocycles. The highest BCUT2D eigenvalue weighted by Crippen LogP contribution is 2.26. The molecular formula is C17H22N4O4S. The molecule has 0 saturated heterocycles. The number of nitrogens with one attached hydrogen (secondary N) is 3. The van der Waals surface area contributed by atoms with Gasteiger partial charge in [0, 0.05) is 19.2 Å². The van der Waals surface area contributed by atoms with Crippen LogP contribution in [0.5, 0.6) is 0 Å². The number of nitrogens with zero attached hydrogens (tertiary/aromatic N) is 1. The van der Waals surface area contributed by atoms with E-state index in [1.54, 1.807) is 17.5 Å². The van der Waals surface area contributed by atoms with Crippen LogP contribution in [0.3, 0.4) is 0 Å². The van der Waals surface area contributed by atoms with Crippen LogP contribution in [0, 0.1) is 5.92 Å². The van der Waals surface area contributed by atoms with Gasteiger partial charge >= 0.3 is 0 Å². The van der Waals surface area contributed by atoms with E-state index < -0.39 is 6.04 Å². The highest BCUT2D eigenvalue weighted by Gasteiger charge is 2.24. The van der Waals surface area contributed by atoms with E-state index in [1.807, 2.05) is 13.8 Å². The molecular weight excluding hydrogens is 356 g/mol. The number of aromatic nitrogens is 1. The van der Waals surface area contributed by atoms with Gasteiger partial charge in [-0.2, -0.15) is 0 Å². The van der Waals surface area contributed by atoms with Gasteiger partial charge in [0.25, 0.3) is 0 Å². The molecule has 0 spiro atoms. The minimum absolute atomic E-state index is 0.0558. The monoisotopic (exact) mass is 378 g/mol. The average Bonchev–Trinajstić information content (AvgIpc) is 3.19. The number of furan rings is 1. The van der Waals surface area contributed by atoms with E-state index in [0.29, 0.717) is 28.9 Å². The maximum atomic E-state index is 12.4. The van der Waals surface area contributed by atoms with E-state index in [-0.39, 0.29) is 23.6 Å². The Morgan fingerprint density at radius 2 is 1.92 bits per heavy atom. The Bertz CT molecular complexity index is 796. The van der Waals surface area contributed by atoms with Crippen LogP contribution < -0.4 is 16.0 Å². The van der Waals surface area contributed by atoms with Crippen LogP contribution in [-0.4, -0.2) is 28.7 Å². The minimum Gasteiger partial charge on any atom is -0.458 e. The second-order valence-electron chi connectivity index (χ2n) is 6.13.